The first kappa shape index (κ1) is 23.9. The summed E-state index contributed by atoms with van der Waals surface area (Å²) < 4.78 is 66.3. The first-order valence-electron chi connectivity index (χ1n) is 9.69. The molecule has 2 aromatic rings. The van der Waals surface area contributed by atoms with Gasteiger partial charge in [-0.05, 0) is 37.6 Å². The number of anilines is 1. The van der Waals surface area contributed by atoms with Crippen molar-refractivity contribution in [3.8, 4) is 5.75 Å². The van der Waals surface area contributed by atoms with E-state index in [1.807, 2.05) is 0 Å². The predicted molar refractivity (Wildman–Crippen MR) is 116 cm³/mol. The molecule has 1 heterocycles. The average molecular weight is 486 g/mol. The van der Waals surface area contributed by atoms with Gasteiger partial charge < -0.3 is 9.47 Å². The van der Waals surface area contributed by atoms with Crippen molar-refractivity contribution in [1.82, 2.24) is 4.31 Å². The molecular formula is C19H23N3O8S2. The molecule has 3 rings (SSSR count). The van der Waals surface area contributed by atoms with Crippen molar-refractivity contribution in [2.75, 3.05) is 37.6 Å². The topological polar surface area (TPSA) is 145 Å². The van der Waals surface area contributed by atoms with E-state index in [2.05, 4.69) is 4.72 Å². The average Bonchev–Trinajstić information content (AvgIpc) is 2.75. The molecule has 1 fully saturated rings. The van der Waals surface area contributed by atoms with Crippen molar-refractivity contribution < 1.29 is 31.2 Å². The van der Waals surface area contributed by atoms with Crippen molar-refractivity contribution >= 4 is 31.4 Å². The molecule has 11 nitrogen and oxygen atoms in total. The highest BCUT2D eigenvalue weighted by Crippen LogP contribution is 2.32. The van der Waals surface area contributed by atoms with E-state index in [9.17, 15) is 26.9 Å². The molecule has 174 valence electrons. The van der Waals surface area contributed by atoms with Gasteiger partial charge in [0.2, 0.25) is 10.0 Å². The van der Waals surface area contributed by atoms with Crippen molar-refractivity contribution in [2.45, 2.75) is 23.6 Å². The largest absolute Gasteiger partial charge is 0.492 e. The number of nitro benzene ring substituents is 1. The van der Waals surface area contributed by atoms with Gasteiger partial charge in [-0.2, -0.15) is 4.31 Å². The molecule has 13 heteroatoms. The van der Waals surface area contributed by atoms with Crippen LogP contribution in [0.1, 0.15) is 12.5 Å². The SMILES string of the molecule is CCOc1ccc(S(=O)(=O)N2CCOCC2)cc1NS(=O)(=O)c1cc([N+](=O)[O-])ccc1C. The standard InChI is InChI=1S/C19H23N3O8S2/c1-3-30-18-7-6-16(32(27,28)21-8-10-29-11-9-21)13-17(18)20-31(25,26)19-12-15(22(23)24)5-4-14(19)2/h4-7,12-13,20H,3,8-11H2,1-2H3. The van der Waals surface area contributed by atoms with Crippen LogP contribution in [0.5, 0.6) is 5.75 Å². The molecule has 1 saturated heterocycles. The summed E-state index contributed by atoms with van der Waals surface area (Å²) in [6.45, 7) is 4.30. The van der Waals surface area contributed by atoms with Crippen molar-refractivity contribution in [2.24, 2.45) is 0 Å². The predicted octanol–water partition coefficient (Wildman–Crippen LogP) is 2.12. The summed E-state index contributed by atoms with van der Waals surface area (Å²) in [6.07, 6.45) is 0. The summed E-state index contributed by atoms with van der Waals surface area (Å²) in [4.78, 5) is 9.98. The van der Waals surface area contributed by atoms with Crippen molar-refractivity contribution in [3.63, 3.8) is 0 Å². The number of sulfonamides is 2. The molecule has 0 spiro atoms. The Bertz CT molecular complexity index is 1220. The van der Waals surface area contributed by atoms with Crippen LogP contribution in [0.4, 0.5) is 11.4 Å². The summed E-state index contributed by atoms with van der Waals surface area (Å²) >= 11 is 0. The smallest absolute Gasteiger partial charge is 0.270 e. The van der Waals surface area contributed by atoms with Crippen LogP contribution in [0.2, 0.25) is 0 Å². The number of nitro groups is 1. The molecule has 2 aromatic carbocycles. The quantitative estimate of drug-likeness (QED) is 0.442. The van der Waals surface area contributed by atoms with Gasteiger partial charge in [-0.15, -0.1) is 0 Å². The second kappa shape index (κ2) is 9.40. The molecule has 1 aliphatic rings. The number of benzene rings is 2. The van der Waals surface area contributed by atoms with Gasteiger partial charge >= 0.3 is 0 Å². The van der Waals surface area contributed by atoms with Crippen molar-refractivity contribution in [1.29, 1.82) is 0 Å². The van der Waals surface area contributed by atoms with Crippen molar-refractivity contribution in [3.05, 3.63) is 52.1 Å². The highest BCUT2D eigenvalue weighted by atomic mass is 32.2. The number of nitrogens with zero attached hydrogens (tertiary/aromatic N) is 2. The third-order valence-corrected chi connectivity index (χ3v) is 8.18. The Morgan fingerprint density at radius 3 is 2.44 bits per heavy atom. The molecule has 0 aromatic heterocycles. The fraction of sp³-hybridized carbons (Fsp3) is 0.368. The number of rotatable bonds is 8. The van der Waals surface area contributed by atoms with Gasteiger partial charge in [0.15, 0.2) is 0 Å². The molecule has 1 N–H and O–H groups in total. The zero-order valence-corrected chi connectivity index (χ0v) is 19.1. The van der Waals surface area contributed by atoms with E-state index in [1.54, 1.807) is 6.92 Å². The summed E-state index contributed by atoms with van der Waals surface area (Å²) in [6, 6.07) is 7.37. The number of non-ortho nitro benzene ring substituents is 1. The molecule has 0 unspecified atom stereocenters. The fourth-order valence-corrected chi connectivity index (χ4v) is 5.92. The van der Waals surface area contributed by atoms with Crippen LogP contribution in [0.15, 0.2) is 46.2 Å². The number of nitrogens with one attached hydrogen (secondary N) is 1. The lowest BCUT2D eigenvalue weighted by Gasteiger charge is -2.26. The van der Waals surface area contributed by atoms with E-state index in [0.717, 1.165) is 6.07 Å². The first-order valence-corrected chi connectivity index (χ1v) is 12.6. The van der Waals surface area contributed by atoms with E-state index in [4.69, 9.17) is 9.47 Å². The van der Waals surface area contributed by atoms with Gasteiger partial charge in [-0.25, -0.2) is 16.8 Å². The molecule has 32 heavy (non-hydrogen) atoms. The van der Waals surface area contributed by atoms with E-state index < -0.39 is 25.0 Å². The highest BCUT2D eigenvalue weighted by Gasteiger charge is 2.28. The van der Waals surface area contributed by atoms with E-state index in [1.165, 1.54) is 41.6 Å². The lowest BCUT2D eigenvalue weighted by atomic mass is 10.2. The maximum absolute atomic E-state index is 13.1. The summed E-state index contributed by atoms with van der Waals surface area (Å²) in [5, 5.41) is 11.1. The van der Waals surface area contributed by atoms with Crippen LogP contribution in [0.3, 0.4) is 0 Å². The number of hydrogen-bond donors (Lipinski definition) is 1. The lowest BCUT2D eigenvalue weighted by Crippen LogP contribution is -2.40. The number of ether oxygens (including phenoxy) is 2. The highest BCUT2D eigenvalue weighted by molar-refractivity contribution is 7.92. The van der Waals surface area contributed by atoms with E-state index in [0.29, 0.717) is 0 Å². The van der Waals surface area contributed by atoms with Crippen LogP contribution in [0.25, 0.3) is 0 Å². The molecule has 0 radical (unpaired) electrons. The second-order valence-electron chi connectivity index (χ2n) is 6.92. The Labute approximate surface area is 186 Å². The Morgan fingerprint density at radius 1 is 1.12 bits per heavy atom. The molecule has 0 amide bonds. The monoisotopic (exact) mass is 485 g/mol. The minimum atomic E-state index is -4.29. The minimum absolute atomic E-state index is 0.0907. The van der Waals surface area contributed by atoms with Crippen LogP contribution in [0, 0.1) is 17.0 Å². The van der Waals surface area contributed by atoms with Crippen LogP contribution >= 0.6 is 0 Å². The Kier molecular flexibility index (Phi) is 7.03. The minimum Gasteiger partial charge on any atom is -0.492 e. The summed E-state index contributed by atoms with van der Waals surface area (Å²) in [7, 11) is -8.18. The molecule has 0 saturated carbocycles. The lowest BCUT2D eigenvalue weighted by molar-refractivity contribution is -0.385. The third-order valence-electron chi connectivity index (χ3n) is 4.78. The fourth-order valence-electron chi connectivity index (χ4n) is 3.16. The number of aryl methyl sites for hydroxylation is 1. The van der Waals surface area contributed by atoms with Gasteiger partial charge in [-0.1, -0.05) is 6.07 Å². The van der Waals surface area contributed by atoms with Crippen LogP contribution in [-0.2, 0) is 24.8 Å². The van der Waals surface area contributed by atoms with Gasteiger partial charge in [0.05, 0.1) is 40.2 Å². The Hall–Kier alpha value is -2.74. The van der Waals surface area contributed by atoms with Gasteiger partial charge in [0.1, 0.15) is 5.75 Å². The Morgan fingerprint density at radius 2 is 1.81 bits per heavy atom. The number of morpholine rings is 1. The molecule has 0 aliphatic carbocycles. The molecule has 0 bridgehead atoms. The van der Waals surface area contributed by atoms with Gasteiger partial charge in [0.25, 0.3) is 15.7 Å². The maximum atomic E-state index is 13.1. The van der Waals surface area contributed by atoms with Gasteiger partial charge in [0, 0.05) is 25.2 Å². The zero-order valence-electron chi connectivity index (χ0n) is 17.5. The molecule has 0 atom stereocenters. The summed E-state index contributed by atoms with van der Waals surface area (Å²) in [5.41, 5.74) is -0.185. The van der Waals surface area contributed by atoms with Crippen LogP contribution < -0.4 is 9.46 Å². The Balaban J connectivity index is 2.03. The number of hydrogen-bond acceptors (Lipinski definition) is 8. The third kappa shape index (κ3) is 5.01. The normalized spacial score (nSPS) is 15.3. The summed E-state index contributed by atoms with van der Waals surface area (Å²) in [5.74, 6) is 0.125. The van der Waals surface area contributed by atoms with Crippen LogP contribution in [-0.4, -0.2) is 59.0 Å². The van der Waals surface area contributed by atoms with E-state index in [-0.39, 0.29) is 65.4 Å². The maximum Gasteiger partial charge on any atom is 0.270 e. The first-order chi connectivity index (χ1) is 15.1. The zero-order chi connectivity index (χ0) is 23.5. The van der Waals surface area contributed by atoms with Gasteiger partial charge in [-0.3, -0.25) is 14.8 Å². The molecule has 1 aliphatic heterocycles. The van der Waals surface area contributed by atoms with E-state index >= 15 is 0 Å². The second-order valence-corrected chi connectivity index (χ2v) is 10.5. The molecular weight excluding hydrogens is 462 g/mol.